The zero-order valence-corrected chi connectivity index (χ0v) is 18.1. The Hall–Kier alpha value is -3.37. The topological polar surface area (TPSA) is 123 Å². The van der Waals surface area contributed by atoms with E-state index in [1.54, 1.807) is 24.3 Å². The molecule has 0 aliphatic rings. The summed E-state index contributed by atoms with van der Waals surface area (Å²) in [6.45, 7) is 7.50. The van der Waals surface area contributed by atoms with Crippen molar-refractivity contribution in [2.75, 3.05) is 13.2 Å². The van der Waals surface area contributed by atoms with Gasteiger partial charge < -0.3 is 9.47 Å². The van der Waals surface area contributed by atoms with Crippen molar-refractivity contribution in [1.82, 2.24) is 15.6 Å². The third kappa shape index (κ3) is 7.12. The van der Waals surface area contributed by atoms with Gasteiger partial charge in [0.2, 0.25) is 10.0 Å². The number of hydrogen-bond donors (Lipinski definition) is 3. The highest BCUT2D eigenvalue weighted by Gasteiger charge is 2.17. The van der Waals surface area contributed by atoms with Crippen molar-refractivity contribution in [3.8, 4) is 11.5 Å². The molecule has 0 aliphatic carbocycles. The Labute approximate surface area is 181 Å². The summed E-state index contributed by atoms with van der Waals surface area (Å²) in [7, 11) is -3.68. The Balaban J connectivity index is 1.88. The van der Waals surface area contributed by atoms with Gasteiger partial charge in [-0.25, -0.2) is 13.1 Å². The number of ether oxygens (including phenoxy) is 2. The van der Waals surface area contributed by atoms with Gasteiger partial charge in [0.05, 0.1) is 11.5 Å². The van der Waals surface area contributed by atoms with Gasteiger partial charge in [0.25, 0.3) is 11.8 Å². The first-order valence-electron chi connectivity index (χ1n) is 9.47. The Morgan fingerprint density at radius 1 is 1.03 bits per heavy atom. The van der Waals surface area contributed by atoms with E-state index >= 15 is 0 Å². The minimum absolute atomic E-state index is 0.00677. The quantitative estimate of drug-likeness (QED) is 0.377. The van der Waals surface area contributed by atoms with E-state index in [4.69, 9.17) is 9.47 Å². The number of nitrogens with one attached hydrogen (secondary N) is 3. The first kappa shape index (κ1) is 23.9. The predicted molar refractivity (Wildman–Crippen MR) is 115 cm³/mol. The van der Waals surface area contributed by atoms with Crippen LogP contribution in [0.4, 0.5) is 0 Å². The molecule has 9 nitrogen and oxygen atoms in total. The van der Waals surface area contributed by atoms with Gasteiger partial charge >= 0.3 is 0 Å². The molecular weight excluding hydrogens is 422 g/mol. The van der Waals surface area contributed by atoms with E-state index in [0.29, 0.717) is 18.1 Å². The molecule has 0 bridgehead atoms. The molecule has 0 aromatic heterocycles. The molecule has 0 saturated carbocycles. The molecule has 166 valence electrons. The molecule has 3 N–H and O–H groups in total. The number of carbonyl (C=O) groups excluding carboxylic acids is 2. The van der Waals surface area contributed by atoms with Gasteiger partial charge in [-0.15, -0.1) is 6.58 Å². The number of sulfonamides is 1. The van der Waals surface area contributed by atoms with E-state index in [0.717, 1.165) is 0 Å². The fraction of sp³-hybridized carbons (Fsp3) is 0.238. The van der Waals surface area contributed by atoms with Gasteiger partial charge in [-0.2, -0.15) is 0 Å². The number of hydrazine groups is 1. The molecule has 2 aromatic carbocycles. The number of amides is 2. The molecule has 0 saturated heterocycles. The van der Waals surface area contributed by atoms with Crippen LogP contribution in [-0.2, 0) is 14.8 Å². The third-order valence-corrected chi connectivity index (χ3v) is 5.40. The zero-order valence-electron chi connectivity index (χ0n) is 17.3. The Kier molecular flexibility index (Phi) is 8.59. The maximum Gasteiger partial charge on any atom is 0.279 e. The van der Waals surface area contributed by atoms with Gasteiger partial charge in [-0.05, 0) is 62.4 Å². The fourth-order valence-corrected chi connectivity index (χ4v) is 3.37. The second-order valence-corrected chi connectivity index (χ2v) is 8.04. The largest absolute Gasteiger partial charge is 0.494 e. The molecular formula is C21H25N3O6S. The Bertz CT molecular complexity index is 1000. The maximum absolute atomic E-state index is 12.2. The van der Waals surface area contributed by atoms with Crippen molar-refractivity contribution in [1.29, 1.82) is 0 Å². The third-order valence-electron chi connectivity index (χ3n) is 3.96. The first-order chi connectivity index (χ1) is 14.8. The predicted octanol–water partition coefficient (Wildman–Crippen LogP) is 1.78. The van der Waals surface area contributed by atoms with Gasteiger partial charge in [-0.1, -0.05) is 6.08 Å². The lowest BCUT2D eigenvalue weighted by molar-refractivity contribution is -0.128. The highest BCUT2D eigenvalue weighted by molar-refractivity contribution is 7.89. The van der Waals surface area contributed by atoms with Crippen LogP contribution in [0.15, 0.2) is 66.1 Å². The molecule has 0 aliphatic heterocycles. The minimum Gasteiger partial charge on any atom is -0.494 e. The van der Waals surface area contributed by atoms with Crippen molar-refractivity contribution < 1.29 is 27.5 Å². The van der Waals surface area contributed by atoms with Crippen LogP contribution in [0.2, 0.25) is 0 Å². The second-order valence-electron chi connectivity index (χ2n) is 6.27. The standard InChI is InChI=1S/C21H25N3O6S/c1-4-14-22-31(27,28)19-12-6-16(7-13-19)21(26)24-23-20(25)15(3)30-18-10-8-17(9-11-18)29-5-2/h4,6-13,15,22H,1,5,14H2,2-3H3,(H,23,25)(H,24,26). The van der Waals surface area contributed by atoms with Gasteiger partial charge in [0, 0.05) is 12.1 Å². The lowest BCUT2D eigenvalue weighted by Crippen LogP contribution is -2.47. The Morgan fingerprint density at radius 2 is 1.65 bits per heavy atom. The monoisotopic (exact) mass is 447 g/mol. The maximum atomic E-state index is 12.2. The molecule has 2 amide bonds. The summed E-state index contributed by atoms with van der Waals surface area (Å²) < 4.78 is 37.3. The molecule has 0 spiro atoms. The molecule has 2 aromatic rings. The molecule has 0 heterocycles. The van der Waals surface area contributed by atoms with Crippen LogP contribution in [0.25, 0.3) is 0 Å². The lowest BCUT2D eigenvalue weighted by Gasteiger charge is -2.15. The SMILES string of the molecule is C=CCNS(=O)(=O)c1ccc(C(=O)NNC(=O)C(C)Oc2ccc(OCC)cc2)cc1. The van der Waals surface area contributed by atoms with E-state index in [2.05, 4.69) is 22.2 Å². The van der Waals surface area contributed by atoms with E-state index in [-0.39, 0.29) is 17.0 Å². The van der Waals surface area contributed by atoms with Crippen molar-refractivity contribution in [3.63, 3.8) is 0 Å². The van der Waals surface area contributed by atoms with Gasteiger partial charge in [0.1, 0.15) is 11.5 Å². The van der Waals surface area contributed by atoms with Crippen LogP contribution in [0.5, 0.6) is 11.5 Å². The lowest BCUT2D eigenvalue weighted by atomic mass is 10.2. The molecule has 1 atom stereocenters. The smallest absolute Gasteiger partial charge is 0.279 e. The number of benzene rings is 2. The van der Waals surface area contributed by atoms with Gasteiger partial charge in [-0.3, -0.25) is 20.4 Å². The highest BCUT2D eigenvalue weighted by Crippen LogP contribution is 2.18. The summed E-state index contributed by atoms with van der Waals surface area (Å²) in [5.41, 5.74) is 4.71. The molecule has 0 radical (unpaired) electrons. The van der Waals surface area contributed by atoms with Crippen molar-refractivity contribution in [2.24, 2.45) is 0 Å². The molecule has 10 heteroatoms. The molecule has 31 heavy (non-hydrogen) atoms. The van der Waals surface area contributed by atoms with E-state index in [1.807, 2.05) is 6.92 Å². The number of hydrogen-bond acceptors (Lipinski definition) is 6. The summed E-state index contributed by atoms with van der Waals surface area (Å²) >= 11 is 0. The normalized spacial score (nSPS) is 11.8. The van der Waals surface area contributed by atoms with E-state index in [9.17, 15) is 18.0 Å². The van der Waals surface area contributed by atoms with E-state index in [1.165, 1.54) is 37.3 Å². The minimum atomic E-state index is -3.68. The summed E-state index contributed by atoms with van der Waals surface area (Å²) in [5, 5.41) is 0. The van der Waals surface area contributed by atoms with Crippen molar-refractivity contribution >= 4 is 21.8 Å². The average Bonchev–Trinajstić information content (AvgIpc) is 2.77. The van der Waals surface area contributed by atoms with Crippen LogP contribution in [-0.4, -0.2) is 39.5 Å². The molecule has 0 fully saturated rings. The van der Waals surface area contributed by atoms with Gasteiger partial charge in [0.15, 0.2) is 6.10 Å². The van der Waals surface area contributed by atoms with Crippen LogP contribution in [0.3, 0.4) is 0 Å². The molecule has 1 unspecified atom stereocenters. The summed E-state index contributed by atoms with van der Waals surface area (Å²) in [6.07, 6.45) is 0.546. The highest BCUT2D eigenvalue weighted by atomic mass is 32.2. The summed E-state index contributed by atoms with van der Waals surface area (Å²) in [6, 6.07) is 12.1. The van der Waals surface area contributed by atoms with Crippen LogP contribution in [0.1, 0.15) is 24.2 Å². The van der Waals surface area contributed by atoms with Crippen LogP contribution >= 0.6 is 0 Å². The average molecular weight is 448 g/mol. The summed E-state index contributed by atoms with van der Waals surface area (Å²) in [4.78, 5) is 24.4. The number of rotatable bonds is 10. The van der Waals surface area contributed by atoms with Crippen molar-refractivity contribution in [2.45, 2.75) is 24.8 Å². The molecule has 2 rings (SSSR count). The van der Waals surface area contributed by atoms with Crippen molar-refractivity contribution in [3.05, 3.63) is 66.7 Å². The zero-order chi connectivity index (χ0) is 22.9. The summed E-state index contributed by atoms with van der Waals surface area (Å²) in [5.74, 6) is -0.00603. The Morgan fingerprint density at radius 3 is 2.23 bits per heavy atom. The van der Waals surface area contributed by atoms with Crippen LogP contribution < -0.4 is 25.0 Å². The van der Waals surface area contributed by atoms with E-state index < -0.39 is 27.9 Å². The number of carbonyl (C=O) groups is 2. The first-order valence-corrected chi connectivity index (χ1v) is 11.0. The second kappa shape index (κ2) is 11.1. The fourth-order valence-electron chi connectivity index (χ4n) is 2.37. The van der Waals surface area contributed by atoms with Crippen LogP contribution in [0, 0.1) is 0 Å².